The van der Waals surface area contributed by atoms with Crippen molar-refractivity contribution in [2.24, 2.45) is 0 Å². The lowest BCUT2D eigenvalue weighted by Crippen LogP contribution is -2.42. The molecule has 26 heavy (non-hydrogen) atoms. The number of methoxy groups -OCH3 is 2. The van der Waals surface area contributed by atoms with Gasteiger partial charge in [-0.2, -0.15) is 0 Å². The van der Waals surface area contributed by atoms with Gasteiger partial charge in [-0.25, -0.2) is 0 Å². The third-order valence-corrected chi connectivity index (χ3v) is 5.83. The van der Waals surface area contributed by atoms with Gasteiger partial charge in [0.05, 0.1) is 31.7 Å². The Bertz CT molecular complexity index is 874. The minimum Gasteiger partial charge on any atom is -0.493 e. The van der Waals surface area contributed by atoms with Crippen LogP contribution in [0.4, 0.5) is 5.69 Å². The molecule has 0 saturated carbocycles. The molecule has 0 aliphatic carbocycles. The maximum atomic E-state index is 13.1. The van der Waals surface area contributed by atoms with Gasteiger partial charge >= 0.3 is 0 Å². The lowest BCUT2D eigenvalue weighted by molar-refractivity contribution is -0.119. The summed E-state index contributed by atoms with van der Waals surface area (Å²) in [6, 6.07) is 6.61. The van der Waals surface area contributed by atoms with E-state index in [1.807, 2.05) is 6.07 Å². The van der Waals surface area contributed by atoms with Gasteiger partial charge in [0.15, 0.2) is 11.5 Å². The van der Waals surface area contributed by atoms with E-state index < -0.39 is 6.04 Å². The molecule has 2 amide bonds. The Kier molecular flexibility index (Phi) is 4.20. The van der Waals surface area contributed by atoms with E-state index in [1.165, 1.54) is 14.2 Å². The highest BCUT2D eigenvalue weighted by molar-refractivity contribution is 7.99. The van der Waals surface area contributed by atoms with Gasteiger partial charge in [-0.05, 0) is 18.2 Å². The van der Waals surface area contributed by atoms with Crippen LogP contribution in [-0.4, -0.2) is 47.7 Å². The van der Waals surface area contributed by atoms with E-state index in [9.17, 15) is 9.59 Å². The molecule has 1 fully saturated rings. The summed E-state index contributed by atoms with van der Waals surface area (Å²) in [6.07, 6.45) is 3.21. The van der Waals surface area contributed by atoms with Crippen molar-refractivity contribution in [1.82, 2.24) is 9.88 Å². The van der Waals surface area contributed by atoms with Crippen LogP contribution in [0.25, 0.3) is 0 Å². The van der Waals surface area contributed by atoms with Crippen LogP contribution in [0, 0.1) is 0 Å². The van der Waals surface area contributed by atoms with Crippen LogP contribution in [0.3, 0.4) is 0 Å². The number of nitrogens with one attached hydrogen (secondary N) is 1. The summed E-state index contributed by atoms with van der Waals surface area (Å²) in [4.78, 5) is 31.4. The lowest BCUT2D eigenvalue weighted by Gasteiger charge is -2.22. The largest absolute Gasteiger partial charge is 0.493 e. The average molecular weight is 371 g/mol. The Morgan fingerprint density at radius 3 is 2.85 bits per heavy atom. The van der Waals surface area contributed by atoms with Crippen molar-refractivity contribution >= 4 is 29.3 Å². The molecule has 1 N–H and O–H groups in total. The molecule has 0 unspecified atom stereocenters. The fourth-order valence-corrected chi connectivity index (χ4v) is 4.81. The molecule has 2 aromatic rings. The van der Waals surface area contributed by atoms with E-state index in [0.717, 1.165) is 5.56 Å². The highest BCUT2D eigenvalue weighted by Crippen LogP contribution is 2.52. The molecule has 8 heteroatoms. The second-order valence-electron chi connectivity index (χ2n) is 5.91. The Morgan fingerprint density at radius 2 is 2.15 bits per heavy atom. The fraction of sp³-hybridized carbons (Fsp3) is 0.278. The van der Waals surface area contributed by atoms with E-state index in [-0.39, 0.29) is 17.2 Å². The average Bonchev–Trinajstić information content (AvgIpc) is 3.22. The minimum absolute atomic E-state index is 0.193. The van der Waals surface area contributed by atoms with Crippen molar-refractivity contribution in [3.63, 3.8) is 0 Å². The summed E-state index contributed by atoms with van der Waals surface area (Å²) in [5.74, 6) is 1.02. The molecule has 3 heterocycles. The van der Waals surface area contributed by atoms with E-state index in [4.69, 9.17) is 9.47 Å². The van der Waals surface area contributed by atoms with Gasteiger partial charge in [-0.3, -0.25) is 14.6 Å². The molecule has 0 spiro atoms. The van der Waals surface area contributed by atoms with Gasteiger partial charge in [0.1, 0.15) is 11.4 Å². The fourth-order valence-electron chi connectivity index (χ4n) is 3.36. The molecule has 4 rings (SSSR count). The maximum absolute atomic E-state index is 13.1. The highest BCUT2D eigenvalue weighted by atomic mass is 32.2. The molecule has 0 bridgehead atoms. The summed E-state index contributed by atoms with van der Waals surface area (Å²) in [5.41, 5.74) is 1.94. The summed E-state index contributed by atoms with van der Waals surface area (Å²) in [6.45, 7) is 0. The van der Waals surface area contributed by atoms with Crippen LogP contribution >= 0.6 is 11.8 Å². The smallest absolute Gasteiger partial charge is 0.260 e. The highest BCUT2D eigenvalue weighted by Gasteiger charge is 2.50. The Hall–Kier alpha value is -2.74. The number of rotatable bonds is 4. The molecule has 1 aromatic carbocycles. The second-order valence-corrected chi connectivity index (χ2v) is 7.02. The van der Waals surface area contributed by atoms with Gasteiger partial charge in [-0.1, -0.05) is 6.07 Å². The lowest BCUT2D eigenvalue weighted by atomic mass is 10.1. The number of thioether (sulfide) groups is 1. The number of aromatic nitrogens is 1. The van der Waals surface area contributed by atoms with Crippen molar-refractivity contribution in [2.45, 2.75) is 11.4 Å². The van der Waals surface area contributed by atoms with E-state index in [1.54, 1.807) is 47.3 Å². The van der Waals surface area contributed by atoms with E-state index in [0.29, 0.717) is 28.5 Å². The Labute approximate surface area is 154 Å². The van der Waals surface area contributed by atoms with E-state index >= 15 is 0 Å². The van der Waals surface area contributed by atoms with Crippen LogP contribution in [0.15, 0.2) is 36.7 Å². The Balaban J connectivity index is 1.64. The predicted octanol–water partition coefficient (Wildman–Crippen LogP) is 2.31. The van der Waals surface area contributed by atoms with Crippen LogP contribution in [0.1, 0.15) is 21.3 Å². The molecule has 1 aromatic heterocycles. The predicted molar refractivity (Wildman–Crippen MR) is 97.6 cm³/mol. The van der Waals surface area contributed by atoms with Crippen LogP contribution in [0.2, 0.25) is 0 Å². The molecule has 7 nitrogen and oxygen atoms in total. The van der Waals surface area contributed by atoms with Crippen LogP contribution < -0.4 is 14.8 Å². The maximum Gasteiger partial charge on any atom is 0.260 e. The molecule has 1 saturated heterocycles. The third-order valence-electron chi connectivity index (χ3n) is 4.52. The van der Waals surface area contributed by atoms with Gasteiger partial charge in [0, 0.05) is 17.5 Å². The van der Waals surface area contributed by atoms with Gasteiger partial charge < -0.3 is 19.7 Å². The molecule has 2 aliphatic heterocycles. The number of hydrogen-bond donors (Lipinski definition) is 1. The number of amides is 2. The summed E-state index contributed by atoms with van der Waals surface area (Å²) in [5, 5.41) is 2.64. The first-order valence-corrected chi connectivity index (χ1v) is 9.10. The second kappa shape index (κ2) is 6.53. The zero-order valence-electron chi connectivity index (χ0n) is 14.3. The molecular formula is C18H17N3O4S. The minimum atomic E-state index is -0.555. The first kappa shape index (κ1) is 16.7. The molecule has 2 atom stereocenters. The Morgan fingerprint density at radius 1 is 1.31 bits per heavy atom. The molecule has 0 radical (unpaired) electrons. The number of fused-ring (bicyclic) bond motifs is 3. The number of pyridine rings is 1. The molecule has 134 valence electrons. The van der Waals surface area contributed by atoms with Crippen molar-refractivity contribution < 1.29 is 19.1 Å². The van der Waals surface area contributed by atoms with Gasteiger partial charge in [0.25, 0.3) is 5.91 Å². The number of hydrogen-bond acceptors (Lipinski definition) is 6. The number of benzene rings is 1. The van der Waals surface area contributed by atoms with Gasteiger partial charge in [-0.15, -0.1) is 11.8 Å². The molecule has 2 aliphatic rings. The number of carbonyl (C=O) groups is 2. The van der Waals surface area contributed by atoms with Crippen molar-refractivity contribution in [3.05, 3.63) is 47.8 Å². The number of anilines is 1. The zero-order valence-corrected chi connectivity index (χ0v) is 15.1. The van der Waals surface area contributed by atoms with E-state index in [2.05, 4.69) is 10.3 Å². The number of carbonyl (C=O) groups excluding carboxylic acids is 2. The van der Waals surface area contributed by atoms with Crippen LogP contribution in [-0.2, 0) is 4.79 Å². The molecular weight excluding hydrogens is 354 g/mol. The topological polar surface area (TPSA) is 80.8 Å². The quantitative estimate of drug-likeness (QED) is 0.888. The standard InChI is InChI=1S/C18H17N3O4S/c1-24-13-6-5-11-14(15(13)25-2)17(23)21-12(9-26-18(11)21)16(22)20-10-4-3-7-19-8-10/h3-8,12,18H,9H2,1-2H3,(H,20,22)/t12-,18+/m0/s1. The zero-order chi connectivity index (χ0) is 18.3. The summed E-state index contributed by atoms with van der Waals surface area (Å²) < 4.78 is 10.7. The van der Waals surface area contributed by atoms with Crippen molar-refractivity contribution in [3.8, 4) is 11.5 Å². The monoisotopic (exact) mass is 371 g/mol. The normalized spacial score (nSPS) is 20.5. The van der Waals surface area contributed by atoms with Crippen LogP contribution in [0.5, 0.6) is 11.5 Å². The number of ether oxygens (including phenoxy) is 2. The first-order valence-electron chi connectivity index (χ1n) is 8.05. The van der Waals surface area contributed by atoms with Crippen molar-refractivity contribution in [1.29, 1.82) is 0 Å². The third kappa shape index (κ3) is 2.48. The van der Waals surface area contributed by atoms with Crippen molar-refractivity contribution in [2.75, 3.05) is 25.3 Å². The summed E-state index contributed by atoms with van der Waals surface area (Å²) >= 11 is 1.57. The summed E-state index contributed by atoms with van der Waals surface area (Å²) in [7, 11) is 3.04. The number of nitrogens with zero attached hydrogens (tertiary/aromatic N) is 2. The first-order chi connectivity index (χ1) is 12.7. The van der Waals surface area contributed by atoms with Gasteiger partial charge in [0.2, 0.25) is 5.91 Å². The SMILES string of the molecule is COc1ccc2c(c1OC)C(=O)N1[C@@H]2SC[C@H]1C(=O)Nc1cccnc1.